The molecule has 4 aromatic rings. The van der Waals surface area contributed by atoms with Crippen molar-refractivity contribution in [3.8, 4) is 0 Å². The largest absolute Gasteiger partial charge is 0.416 e. The minimum absolute atomic E-state index is 0.120. The van der Waals surface area contributed by atoms with E-state index in [1.807, 2.05) is 18.2 Å². The number of aromatic nitrogens is 3. The SMILES string of the molecule is O=c1c2c(n3nccc3n1Cc1ccc(C(F)(F)F)cc1)CCN(Cc1ccccc1)C2. The van der Waals surface area contributed by atoms with Crippen LogP contribution < -0.4 is 5.56 Å². The van der Waals surface area contributed by atoms with Gasteiger partial charge in [0.1, 0.15) is 5.65 Å². The number of benzene rings is 2. The third-order valence-corrected chi connectivity index (χ3v) is 5.92. The molecule has 0 saturated carbocycles. The van der Waals surface area contributed by atoms with E-state index in [2.05, 4.69) is 22.1 Å². The first kappa shape index (κ1) is 20.5. The number of hydrogen-bond donors (Lipinski definition) is 0. The van der Waals surface area contributed by atoms with Gasteiger partial charge in [-0.2, -0.15) is 18.3 Å². The standard InChI is InChI=1S/C24H21F3N4O/c25-24(26,27)19-8-6-18(7-9-19)15-30-22-10-12-28-31(22)21-11-13-29(16-20(21)23(30)32)14-17-4-2-1-3-5-17/h1-10,12H,11,13-16H2. The fourth-order valence-electron chi connectivity index (χ4n) is 4.32. The van der Waals surface area contributed by atoms with Gasteiger partial charge in [0, 0.05) is 32.1 Å². The van der Waals surface area contributed by atoms with Gasteiger partial charge in [0.05, 0.1) is 29.6 Å². The van der Waals surface area contributed by atoms with Crippen LogP contribution in [0.1, 0.15) is 27.9 Å². The smallest absolute Gasteiger partial charge is 0.294 e. The van der Waals surface area contributed by atoms with E-state index in [9.17, 15) is 18.0 Å². The molecule has 1 aliphatic heterocycles. The Bertz CT molecular complexity index is 1310. The van der Waals surface area contributed by atoms with Crippen LogP contribution in [0.15, 0.2) is 71.7 Å². The Morgan fingerprint density at radius 3 is 2.34 bits per heavy atom. The number of alkyl halides is 3. The summed E-state index contributed by atoms with van der Waals surface area (Å²) < 4.78 is 42.1. The maximum atomic E-state index is 13.5. The van der Waals surface area contributed by atoms with Gasteiger partial charge >= 0.3 is 6.18 Å². The van der Waals surface area contributed by atoms with Gasteiger partial charge in [0.25, 0.3) is 5.56 Å². The van der Waals surface area contributed by atoms with Gasteiger partial charge in [-0.15, -0.1) is 0 Å². The van der Waals surface area contributed by atoms with E-state index in [1.54, 1.807) is 21.3 Å². The minimum atomic E-state index is -4.39. The maximum absolute atomic E-state index is 13.5. The number of nitrogens with zero attached hydrogens (tertiary/aromatic N) is 4. The van der Waals surface area contributed by atoms with Crippen LogP contribution in [0.2, 0.25) is 0 Å². The molecule has 0 atom stereocenters. The lowest BCUT2D eigenvalue weighted by Gasteiger charge is -2.29. The fraction of sp³-hybridized carbons (Fsp3) is 0.250. The van der Waals surface area contributed by atoms with Gasteiger partial charge in [-0.3, -0.25) is 14.3 Å². The zero-order chi connectivity index (χ0) is 22.3. The third-order valence-electron chi connectivity index (χ3n) is 5.92. The summed E-state index contributed by atoms with van der Waals surface area (Å²) in [7, 11) is 0. The normalized spacial score (nSPS) is 14.6. The number of hydrogen-bond acceptors (Lipinski definition) is 3. The second kappa shape index (κ2) is 7.94. The van der Waals surface area contributed by atoms with Crippen molar-refractivity contribution in [2.24, 2.45) is 0 Å². The molecule has 0 bridgehead atoms. The molecule has 1 aliphatic rings. The van der Waals surface area contributed by atoms with Crippen LogP contribution in [0.4, 0.5) is 13.2 Å². The molecule has 0 aliphatic carbocycles. The number of rotatable bonds is 4. The van der Waals surface area contributed by atoms with Crippen molar-refractivity contribution < 1.29 is 13.2 Å². The molecule has 0 fully saturated rings. The van der Waals surface area contributed by atoms with Crippen LogP contribution in [0.5, 0.6) is 0 Å². The summed E-state index contributed by atoms with van der Waals surface area (Å²) in [5, 5.41) is 4.42. The van der Waals surface area contributed by atoms with E-state index in [4.69, 9.17) is 0 Å². The first-order valence-corrected chi connectivity index (χ1v) is 10.4. The Labute approximate surface area is 182 Å². The molecule has 2 aromatic heterocycles. The summed E-state index contributed by atoms with van der Waals surface area (Å²) in [6.45, 7) is 2.25. The molecular weight excluding hydrogens is 417 g/mol. The van der Waals surface area contributed by atoms with Crippen molar-refractivity contribution in [2.45, 2.75) is 32.2 Å². The lowest BCUT2D eigenvalue weighted by molar-refractivity contribution is -0.137. The van der Waals surface area contributed by atoms with Gasteiger partial charge in [0.2, 0.25) is 0 Å². The van der Waals surface area contributed by atoms with Crippen molar-refractivity contribution in [2.75, 3.05) is 6.54 Å². The highest BCUT2D eigenvalue weighted by Crippen LogP contribution is 2.29. The summed E-state index contributed by atoms with van der Waals surface area (Å²) in [4.78, 5) is 15.7. The Morgan fingerprint density at radius 1 is 0.906 bits per heavy atom. The van der Waals surface area contributed by atoms with E-state index in [1.165, 1.54) is 17.7 Å². The quantitative estimate of drug-likeness (QED) is 0.481. The Balaban J connectivity index is 1.49. The molecule has 5 rings (SSSR count). The molecule has 5 nitrogen and oxygen atoms in total. The average Bonchev–Trinajstić information content (AvgIpc) is 3.27. The predicted octanol–water partition coefficient (Wildman–Crippen LogP) is 4.12. The van der Waals surface area contributed by atoms with Gasteiger partial charge in [0.15, 0.2) is 0 Å². The first-order valence-electron chi connectivity index (χ1n) is 10.4. The van der Waals surface area contributed by atoms with Gasteiger partial charge in [-0.1, -0.05) is 42.5 Å². The third kappa shape index (κ3) is 3.82. The highest BCUT2D eigenvalue weighted by Gasteiger charge is 2.30. The number of fused-ring (bicyclic) bond motifs is 3. The molecule has 3 heterocycles. The number of halogens is 3. The molecule has 32 heavy (non-hydrogen) atoms. The summed E-state index contributed by atoms with van der Waals surface area (Å²) in [5.74, 6) is 0. The van der Waals surface area contributed by atoms with Crippen LogP contribution in [0, 0.1) is 0 Å². The summed E-state index contributed by atoms with van der Waals surface area (Å²) in [5.41, 5.74) is 3.22. The molecule has 0 saturated heterocycles. The van der Waals surface area contributed by atoms with Crippen molar-refractivity contribution in [3.05, 3.63) is 105 Å². The van der Waals surface area contributed by atoms with Crippen molar-refractivity contribution >= 4 is 5.65 Å². The van der Waals surface area contributed by atoms with Crippen molar-refractivity contribution in [3.63, 3.8) is 0 Å². The van der Waals surface area contributed by atoms with E-state index in [-0.39, 0.29) is 12.1 Å². The van der Waals surface area contributed by atoms with Crippen molar-refractivity contribution in [1.82, 2.24) is 19.1 Å². The summed E-state index contributed by atoms with van der Waals surface area (Å²) in [6.07, 6.45) is -2.03. The van der Waals surface area contributed by atoms with E-state index in [0.717, 1.165) is 30.9 Å². The molecule has 2 aromatic carbocycles. The highest BCUT2D eigenvalue weighted by molar-refractivity contribution is 5.43. The molecule has 8 heteroatoms. The first-order chi connectivity index (χ1) is 15.4. The molecular formula is C24H21F3N4O. The van der Waals surface area contributed by atoms with Crippen LogP contribution in [-0.4, -0.2) is 25.6 Å². The van der Waals surface area contributed by atoms with E-state index in [0.29, 0.717) is 29.7 Å². The molecule has 164 valence electrons. The summed E-state index contributed by atoms with van der Waals surface area (Å²) >= 11 is 0. The van der Waals surface area contributed by atoms with Gasteiger partial charge < -0.3 is 0 Å². The molecule has 0 amide bonds. The minimum Gasteiger partial charge on any atom is -0.294 e. The second-order valence-electron chi connectivity index (χ2n) is 8.06. The fourth-order valence-corrected chi connectivity index (χ4v) is 4.32. The Hall–Kier alpha value is -3.39. The predicted molar refractivity (Wildman–Crippen MR) is 114 cm³/mol. The molecule has 0 unspecified atom stereocenters. The summed E-state index contributed by atoms with van der Waals surface area (Å²) in [6, 6.07) is 16.8. The highest BCUT2D eigenvalue weighted by atomic mass is 19.4. The Kier molecular flexibility index (Phi) is 5.09. The molecule has 0 radical (unpaired) electrons. The van der Waals surface area contributed by atoms with Crippen LogP contribution in [-0.2, 0) is 32.2 Å². The van der Waals surface area contributed by atoms with Crippen LogP contribution in [0.25, 0.3) is 5.65 Å². The van der Waals surface area contributed by atoms with Crippen molar-refractivity contribution in [1.29, 1.82) is 0 Å². The second-order valence-corrected chi connectivity index (χ2v) is 8.06. The van der Waals surface area contributed by atoms with Crippen LogP contribution >= 0.6 is 0 Å². The zero-order valence-electron chi connectivity index (χ0n) is 17.2. The topological polar surface area (TPSA) is 42.5 Å². The average molecular weight is 438 g/mol. The van der Waals surface area contributed by atoms with E-state index >= 15 is 0 Å². The van der Waals surface area contributed by atoms with Crippen LogP contribution in [0.3, 0.4) is 0 Å². The lowest BCUT2D eigenvalue weighted by atomic mass is 10.1. The molecule has 0 N–H and O–H groups in total. The maximum Gasteiger partial charge on any atom is 0.416 e. The molecule has 0 spiro atoms. The van der Waals surface area contributed by atoms with E-state index < -0.39 is 11.7 Å². The van der Waals surface area contributed by atoms with Gasteiger partial charge in [-0.25, -0.2) is 4.52 Å². The zero-order valence-corrected chi connectivity index (χ0v) is 17.2. The van der Waals surface area contributed by atoms with Gasteiger partial charge in [-0.05, 0) is 23.3 Å². The monoisotopic (exact) mass is 438 g/mol. The lowest BCUT2D eigenvalue weighted by Crippen LogP contribution is -2.39. The Morgan fingerprint density at radius 2 is 1.62 bits per heavy atom.